The van der Waals surface area contributed by atoms with Gasteiger partial charge in [-0.1, -0.05) is 44.2 Å². The average molecular weight is 429 g/mol. The van der Waals surface area contributed by atoms with Crippen LogP contribution >= 0.6 is 0 Å². The molecule has 5 rings (SSSR count). The van der Waals surface area contributed by atoms with Crippen molar-refractivity contribution in [2.45, 2.75) is 57.5 Å². The van der Waals surface area contributed by atoms with E-state index >= 15 is 0 Å². The lowest BCUT2D eigenvalue weighted by Gasteiger charge is -2.21. The van der Waals surface area contributed by atoms with Crippen LogP contribution in [0, 0.1) is 0 Å². The highest BCUT2D eigenvalue weighted by molar-refractivity contribution is 5.94. The van der Waals surface area contributed by atoms with Gasteiger partial charge in [0.05, 0.1) is 12.1 Å². The zero-order valence-corrected chi connectivity index (χ0v) is 18.2. The summed E-state index contributed by atoms with van der Waals surface area (Å²) in [6.45, 7) is 0.401. The van der Waals surface area contributed by atoms with Gasteiger partial charge in [-0.05, 0) is 54.8 Å². The van der Waals surface area contributed by atoms with Crippen LogP contribution in [0.25, 0.3) is 16.7 Å². The molecule has 0 unspecified atom stereocenters. The van der Waals surface area contributed by atoms with Gasteiger partial charge in [0.1, 0.15) is 5.52 Å². The molecular weight excluding hydrogens is 400 g/mol. The molecule has 1 aliphatic rings. The van der Waals surface area contributed by atoms with E-state index in [1.54, 1.807) is 10.8 Å². The smallest absolute Gasteiger partial charge is 0.276 e. The lowest BCUT2D eigenvalue weighted by Crippen LogP contribution is -2.35. The predicted molar refractivity (Wildman–Crippen MR) is 126 cm³/mol. The van der Waals surface area contributed by atoms with Crippen molar-refractivity contribution in [3.8, 4) is 0 Å². The number of hydrogen-bond donors (Lipinski definition) is 1. The molecule has 0 atom stereocenters. The van der Waals surface area contributed by atoms with Crippen molar-refractivity contribution < 1.29 is 4.79 Å². The Labute approximate surface area is 186 Å². The standard InChI is InChI=1S/C26H28N4O2/c31-25(28-21-8-4-2-1-3-5-9-21)20-14-12-19(13-15-20)18-30-24-22(10-6-16-27-24)29-17-7-11-23(29)26(30)32/h6-7,10-17,21H,1-5,8-9,18H2,(H,28,31). The molecule has 3 aromatic heterocycles. The van der Waals surface area contributed by atoms with E-state index in [1.165, 1.54) is 32.1 Å². The van der Waals surface area contributed by atoms with Gasteiger partial charge >= 0.3 is 0 Å². The highest BCUT2D eigenvalue weighted by Crippen LogP contribution is 2.18. The van der Waals surface area contributed by atoms with Crippen LogP contribution in [-0.2, 0) is 6.54 Å². The number of pyridine rings is 1. The van der Waals surface area contributed by atoms with E-state index in [9.17, 15) is 9.59 Å². The van der Waals surface area contributed by atoms with E-state index in [4.69, 9.17) is 0 Å². The number of nitrogens with one attached hydrogen (secondary N) is 1. The molecule has 0 saturated heterocycles. The SMILES string of the molecule is O=C(NC1CCCCCCC1)c1ccc(Cn2c(=O)c3cccn3c3cccnc32)cc1. The minimum Gasteiger partial charge on any atom is -0.349 e. The van der Waals surface area contributed by atoms with Gasteiger partial charge in [-0.3, -0.25) is 14.2 Å². The van der Waals surface area contributed by atoms with Crippen molar-refractivity contribution >= 4 is 22.6 Å². The lowest BCUT2D eigenvalue weighted by molar-refractivity contribution is 0.0930. The van der Waals surface area contributed by atoms with E-state index in [2.05, 4.69) is 10.3 Å². The summed E-state index contributed by atoms with van der Waals surface area (Å²) in [6.07, 6.45) is 11.9. The Morgan fingerprint density at radius 2 is 1.66 bits per heavy atom. The molecule has 1 aliphatic carbocycles. The number of fused-ring (bicyclic) bond motifs is 3. The van der Waals surface area contributed by atoms with Crippen molar-refractivity contribution in [1.82, 2.24) is 19.3 Å². The average Bonchev–Trinajstić information content (AvgIpc) is 3.29. The molecule has 0 aliphatic heterocycles. The molecule has 32 heavy (non-hydrogen) atoms. The number of benzene rings is 1. The molecule has 1 saturated carbocycles. The van der Waals surface area contributed by atoms with Gasteiger partial charge in [-0.25, -0.2) is 4.98 Å². The van der Waals surface area contributed by atoms with Gasteiger partial charge in [0.25, 0.3) is 11.5 Å². The Morgan fingerprint density at radius 3 is 2.44 bits per heavy atom. The molecule has 4 aromatic rings. The van der Waals surface area contributed by atoms with E-state index in [1.807, 2.05) is 59.1 Å². The third kappa shape index (κ3) is 4.05. The van der Waals surface area contributed by atoms with Crippen LogP contribution in [0.4, 0.5) is 0 Å². The Morgan fingerprint density at radius 1 is 0.938 bits per heavy atom. The maximum atomic E-state index is 13.1. The molecule has 6 nitrogen and oxygen atoms in total. The topological polar surface area (TPSA) is 68.4 Å². The molecule has 164 valence electrons. The second-order valence-electron chi connectivity index (χ2n) is 8.71. The normalized spacial score (nSPS) is 15.5. The summed E-state index contributed by atoms with van der Waals surface area (Å²) >= 11 is 0. The van der Waals surface area contributed by atoms with E-state index < -0.39 is 0 Å². The van der Waals surface area contributed by atoms with Crippen LogP contribution in [0.15, 0.2) is 65.7 Å². The first-order valence-corrected chi connectivity index (χ1v) is 11.5. The first kappa shape index (κ1) is 20.5. The number of hydrogen-bond acceptors (Lipinski definition) is 3. The Hall–Kier alpha value is -3.41. The number of rotatable bonds is 4. The summed E-state index contributed by atoms with van der Waals surface area (Å²) in [4.78, 5) is 30.3. The van der Waals surface area contributed by atoms with Crippen molar-refractivity contribution in [3.63, 3.8) is 0 Å². The fourth-order valence-corrected chi connectivity index (χ4v) is 4.74. The Bertz CT molecular complexity index is 1300. The minimum atomic E-state index is -0.0766. The van der Waals surface area contributed by atoms with Crippen molar-refractivity contribution in [2.24, 2.45) is 0 Å². The molecule has 1 aromatic carbocycles. The van der Waals surface area contributed by atoms with Crippen LogP contribution in [0.3, 0.4) is 0 Å². The summed E-state index contributed by atoms with van der Waals surface area (Å²) in [5.74, 6) is -0.0130. The van der Waals surface area contributed by atoms with Crippen LogP contribution in [0.1, 0.15) is 60.9 Å². The maximum absolute atomic E-state index is 13.1. The second-order valence-corrected chi connectivity index (χ2v) is 8.71. The third-order valence-corrected chi connectivity index (χ3v) is 6.49. The fourth-order valence-electron chi connectivity index (χ4n) is 4.74. The first-order valence-electron chi connectivity index (χ1n) is 11.5. The predicted octanol–water partition coefficient (Wildman–Crippen LogP) is 4.54. The molecule has 0 spiro atoms. The monoisotopic (exact) mass is 428 g/mol. The molecule has 1 fully saturated rings. The number of carbonyl (C=O) groups excluding carboxylic acids is 1. The zero-order valence-electron chi connectivity index (χ0n) is 18.2. The minimum absolute atomic E-state index is 0.0130. The van der Waals surface area contributed by atoms with Gasteiger partial charge in [0, 0.05) is 24.0 Å². The fraction of sp³-hybridized carbons (Fsp3) is 0.346. The molecule has 6 heteroatoms. The quantitative estimate of drug-likeness (QED) is 0.519. The summed E-state index contributed by atoms with van der Waals surface area (Å²) < 4.78 is 3.58. The van der Waals surface area contributed by atoms with E-state index in [0.29, 0.717) is 23.3 Å². The van der Waals surface area contributed by atoms with E-state index in [-0.39, 0.29) is 17.5 Å². The largest absolute Gasteiger partial charge is 0.349 e. The Balaban J connectivity index is 1.37. The van der Waals surface area contributed by atoms with Crippen molar-refractivity contribution in [2.75, 3.05) is 0 Å². The number of aromatic nitrogens is 3. The van der Waals surface area contributed by atoms with Crippen LogP contribution < -0.4 is 10.9 Å². The van der Waals surface area contributed by atoms with Crippen molar-refractivity contribution in [1.29, 1.82) is 0 Å². The molecule has 1 N–H and O–H groups in total. The van der Waals surface area contributed by atoms with Crippen LogP contribution in [0.2, 0.25) is 0 Å². The van der Waals surface area contributed by atoms with Crippen LogP contribution in [-0.4, -0.2) is 25.9 Å². The molecule has 0 bridgehead atoms. The molecule has 1 amide bonds. The molecule has 3 heterocycles. The number of carbonyl (C=O) groups is 1. The van der Waals surface area contributed by atoms with Crippen LogP contribution in [0.5, 0.6) is 0 Å². The lowest BCUT2D eigenvalue weighted by atomic mass is 9.96. The summed E-state index contributed by atoms with van der Waals surface area (Å²) in [5, 5.41) is 3.22. The van der Waals surface area contributed by atoms with Crippen molar-refractivity contribution in [3.05, 3.63) is 82.4 Å². The summed E-state index contributed by atoms with van der Waals surface area (Å²) in [7, 11) is 0. The maximum Gasteiger partial charge on any atom is 0.276 e. The van der Waals surface area contributed by atoms with Gasteiger partial charge in [-0.15, -0.1) is 0 Å². The number of nitrogens with zero attached hydrogens (tertiary/aromatic N) is 3. The highest BCUT2D eigenvalue weighted by Gasteiger charge is 2.16. The van der Waals surface area contributed by atoms with Gasteiger partial charge in [0.15, 0.2) is 5.65 Å². The summed E-state index contributed by atoms with van der Waals surface area (Å²) in [6, 6.07) is 15.4. The van der Waals surface area contributed by atoms with Gasteiger partial charge in [-0.2, -0.15) is 0 Å². The van der Waals surface area contributed by atoms with Gasteiger partial charge < -0.3 is 9.72 Å². The highest BCUT2D eigenvalue weighted by atomic mass is 16.1. The third-order valence-electron chi connectivity index (χ3n) is 6.49. The molecular formula is C26H28N4O2. The zero-order chi connectivity index (χ0) is 21.9. The second kappa shape index (κ2) is 8.99. The summed E-state index contributed by atoms with van der Waals surface area (Å²) in [5.41, 5.74) is 3.70. The Kier molecular flexibility index (Phi) is 5.75. The van der Waals surface area contributed by atoms with Gasteiger partial charge in [0.2, 0.25) is 0 Å². The first-order chi connectivity index (χ1) is 15.7. The van der Waals surface area contributed by atoms with E-state index in [0.717, 1.165) is 23.9 Å². The number of amides is 1. The molecule has 0 radical (unpaired) electrons.